The van der Waals surface area contributed by atoms with Crippen LogP contribution >= 0.6 is 0 Å². The Labute approximate surface area is 86.7 Å². The number of H-pyrrole nitrogens is 1. The Morgan fingerprint density at radius 3 is 2.80 bits per heavy atom. The molecule has 0 aliphatic carbocycles. The third-order valence-electron chi connectivity index (χ3n) is 1.75. The number of para-hydroxylation sites is 1. The number of aromatic amines is 1. The second-order valence-corrected chi connectivity index (χ2v) is 2.75. The minimum Gasteiger partial charge on any atom is -0.382 e. The van der Waals surface area contributed by atoms with Gasteiger partial charge in [0.25, 0.3) is 0 Å². The predicted octanol–water partition coefficient (Wildman–Crippen LogP) is 1.36. The Morgan fingerprint density at radius 2 is 2.13 bits per heavy atom. The lowest BCUT2D eigenvalue weighted by molar-refractivity contribution is 0.239. The van der Waals surface area contributed by atoms with E-state index in [1.165, 1.54) is 0 Å². The zero-order valence-electron chi connectivity index (χ0n) is 7.92. The maximum atomic E-state index is 5.09. The SMILES string of the molecule is C1=Cc2ccccc2ON1.c1c[nH]nn1. The van der Waals surface area contributed by atoms with Gasteiger partial charge in [0.15, 0.2) is 5.75 Å². The summed E-state index contributed by atoms with van der Waals surface area (Å²) in [4.78, 5) is 5.09. The van der Waals surface area contributed by atoms with Crippen LogP contribution in [0.2, 0.25) is 0 Å². The number of aromatic nitrogens is 3. The molecule has 2 N–H and O–H groups in total. The van der Waals surface area contributed by atoms with Crippen LogP contribution in [0.15, 0.2) is 42.9 Å². The lowest BCUT2D eigenvalue weighted by atomic mass is 10.2. The summed E-state index contributed by atoms with van der Waals surface area (Å²) in [6.07, 6.45) is 6.97. The predicted molar refractivity (Wildman–Crippen MR) is 55.6 cm³/mol. The van der Waals surface area contributed by atoms with Crippen molar-refractivity contribution in [2.24, 2.45) is 0 Å². The molecule has 0 saturated heterocycles. The van der Waals surface area contributed by atoms with Gasteiger partial charge in [-0.15, -0.1) is 5.10 Å². The van der Waals surface area contributed by atoms with Crippen LogP contribution in [-0.4, -0.2) is 15.4 Å². The maximum Gasteiger partial charge on any atom is 0.162 e. The van der Waals surface area contributed by atoms with Crippen LogP contribution in [0.5, 0.6) is 5.75 Å². The van der Waals surface area contributed by atoms with Gasteiger partial charge in [-0.3, -0.25) is 5.10 Å². The Hall–Kier alpha value is -2.30. The molecule has 15 heavy (non-hydrogen) atoms. The van der Waals surface area contributed by atoms with E-state index in [2.05, 4.69) is 20.9 Å². The molecule has 1 aliphatic rings. The van der Waals surface area contributed by atoms with E-state index in [0.717, 1.165) is 11.3 Å². The normalized spacial score (nSPS) is 11.5. The average molecular weight is 202 g/mol. The van der Waals surface area contributed by atoms with E-state index in [4.69, 9.17) is 4.84 Å². The minimum absolute atomic E-state index is 0.880. The van der Waals surface area contributed by atoms with Crippen molar-refractivity contribution >= 4 is 6.08 Å². The summed E-state index contributed by atoms with van der Waals surface area (Å²) in [7, 11) is 0. The molecule has 2 aromatic rings. The van der Waals surface area contributed by atoms with E-state index < -0.39 is 0 Å². The standard InChI is InChI=1S/C8H7NO.C2H3N3/c1-2-4-8-7(3-1)5-6-9-10-8;1-2-4-5-3-1/h1-6,9H;1-2H,(H,3,4,5). The Bertz CT molecular complexity index is 408. The van der Waals surface area contributed by atoms with E-state index in [-0.39, 0.29) is 0 Å². The van der Waals surface area contributed by atoms with Crippen molar-refractivity contribution < 1.29 is 4.84 Å². The third kappa shape index (κ3) is 2.57. The summed E-state index contributed by atoms with van der Waals surface area (Å²) < 4.78 is 0. The van der Waals surface area contributed by atoms with E-state index >= 15 is 0 Å². The van der Waals surface area contributed by atoms with Crippen LogP contribution in [0.1, 0.15) is 5.56 Å². The van der Waals surface area contributed by atoms with Gasteiger partial charge in [0, 0.05) is 18.0 Å². The number of nitrogens with one attached hydrogen (secondary N) is 2. The van der Waals surface area contributed by atoms with E-state index in [9.17, 15) is 0 Å². The average Bonchev–Trinajstić information content (AvgIpc) is 2.88. The third-order valence-corrected chi connectivity index (χ3v) is 1.75. The second kappa shape index (κ2) is 4.80. The quantitative estimate of drug-likeness (QED) is 0.677. The van der Waals surface area contributed by atoms with Crippen LogP contribution < -0.4 is 10.3 Å². The largest absolute Gasteiger partial charge is 0.382 e. The molecule has 0 fully saturated rings. The molecule has 0 bridgehead atoms. The number of hydrogen-bond donors (Lipinski definition) is 2. The number of hydroxylamine groups is 1. The summed E-state index contributed by atoms with van der Waals surface area (Å²) in [6, 6.07) is 7.86. The molecular formula is C10H10N4O. The summed E-state index contributed by atoms with van der Waals surface area (Å²) in [5.41, 5.74) is 3.77. The first-order chi connectivity index (χ1) is 7.47. The molecule has 0 saturated carbocycles. The number of hydrogen-bond acceptors (Lipinski definition) is 4. The lowest BCUT2D eigenvalue weighted by Gasteiger charge is -2.11. The first-order valence-corrected chi connectivity index (χ1v) is 4.45. The Morgan fingerprint density at radius 1 is 1.20 bits per heavy atom. The molecule has 1 aromatic carbocycles. The van der Waals surface area contributed by atoms with Crippen LogP contribution in [0.3, 0.4) is 0 Å². The van der Waals surface area contributed by atoms with Gasteiger partial charge in [-0.05, 0) is 12.1 Å². The maximum absolute atomic E-state index is 5.09. The number of nitrogens with zero attached hydrogens (tertiary/aromatic N) is 2. The van der Waals surface area contributed by atoms with Crippen LogP contribution in [0.4, 0.5) is 0 Å². The molecule has 76 valence electrons. The summed E-state index contributed by atoms with van der Waals surface area (Å²) in [5.74, 6) is 0.880. The molecule has 0 atom stereocenters. The first kappa shape index (κ1) is 9.26. The highest BCUT2D eigenvalue weighted by molar-refractivity contribution is 5.57. The molecule has 0 unspecified atom stereocenters. The zero-order chi connectivity index (χ0) is 10.3. The smallest absolute Gasteiger partial charge is 0.162 e. The van der Waals surface area contributed by atoms with Gasteiger partial charge >= 0.3 is 0 Å². The molecule has 5 nitrogen and oxygen atoms in total. The summed E-state index contributed by atoms with van der Waals surface area (Å²) in [5, 5.41) is 9.26. The van der Waals surface area contributed by atoms with Crippen molar-refractivity contribution in [1.82, 2.24) is 20.9 Å². The van der Waals surface area contributed by atoms with Gasteiger partial charge in [-0.2, -0.15) is 0 Å². The fourth-order valence-corrected chi connectivity index (χ4v) is 1.10. The summed E-state index contributed by atoms with van der Waals surface area (Å²) in [6.45, 7) is 0. The van der Waals surface area contributed by atoms with Gasteiger partial charge in [-0.1, -0.05) is 23.4 Å². The van der Waals surface area contributed by atoms with Crippen molar-refractivity contribution in [2.75, 3.05) is 0 Å². The van der Waals surface area contributed by atoms with Crippen LogP contribution in [-0.2, 0) is 0 Å². The fourth-order valence-electron chi connectivity index (χ4n) is 1.10. The molecule has 0 amide bonds. The van der Waals surface area contributed by atoms with E-state index in [1.54, 1.807) is 18.6 Å². The van der Waals surface area contributed by atoms with Gasteiger partial charge in [0.2, 0.25) is 0 Å². The van der Waals surface area contributed by atoms with Crippen LogP contribution in [0.25, 0.3) is 6.08 Å². The van der Waals surface area contributed by atoms with Crippen LogP contribution in [0, 0.1) is 0 Å². The van der Waals surface area contributed by atoms with Gasteiger partial charge in [0.1, 0.15) is 0 Å². The Kier molecular flexibility index (Phi) is 2.97. The highest BCUT2D eigenvalue weighted by atomic mass is 16.6. The summed E-state index contributed by atoms with van der Waals surface area (Å²) >= 11 is 0. The van der Waals surface area contributed by atoms with Gasteiger partial charge in [0.05, 0.1) is 6.20 Å². The molecule has 1 aromatic heterocycles. The second-order valence-electron chi connectivity index (χ2n) is 2.75. The topological polar surface area (TPSA) is 62.8 Å². The lowest BCUT2D eigenvalue weighted by Crippen LogP contribution is -2.13. The number of rotatable bonds is 0. The number of benzene rings is 1. The highest BCUT2D eigenvalue weighted by Gasteiger charge is 2.01. The van der Waals surface area contributed by atoms with E-state index in [0.29, 0.717) is 0 Å². The van der Waals surface area contributed by atoms with Crippen molar-refractivity contribution in [3.63, 3.8) is 0 Å². The molecule has 1 aliphatic heterocycles. The van der Waals surface area contributed by atoms with E-state index in [1.807, 2.05) is 30.3 Å². The first-order valence-electron chi connectivity index (χ1n) is 4.45. The molecule has 3 rings (SSSR count). The minimum atomic E-state index is 0.880. The molecule has 2 heterocycles. The van der Waals surface area contributed by atoms with Crippen molar-refractivity contribution in [3.05, 3.63) is 48.4 Å². The monoisotopic (exact) mass is 202 g/mol. The molecule has 5 heteroatoms. The highest BCUT2D eigenvalue weighted by Crippen LogP contribution is 2.20. The van der Waals surface area contributed by atoms with Gasteiger partial charge < -0.3 is 4.84 Å². The van der Waals surface area contributed by atoms with Crippen molar-refractivity contribution in [3.8, 4) is 5.75 Å². The van der Waals surface area contributed by atoms with Crippen molar-refractivity contribution in [2.45, 2.75) is 0 Å². The molecule has 0 radical (unpaired) electrons. The van der Waals surface area contributed by atoms with Crippen molar-refractivity contribution in [1.29, 1.82) is 0 Å². The molecular weight excluding hydrogens is 192 g/mol. The fraction of sp³-hybridized carbons (Fsp3) is 0. The molecule has 0 spiro atoms. The van der Waals surface area contributed by atoms with Gasteiger partial charge in [-0.25, -0.2) is 5.48 Å². The number of fused-ring (bicyclic) bond motifs is 1. The zero-order valence-corrected chi connectivity index (χ0v) is 7.92. The Balaban J connectivity index is 0.000000144.